The van der Waals surface area contributed by atoms with Crippen molar-refractivity contribution >= 4 is 17.9 Å². The van der Waals surface area contributed by atoms with E-state index >= 15 is 0 Å². The van der Waals surface area contributed by atoms with Gasteiger partial charge >= 0.3 is 17.9 Å². The van der Waals surface area contributed by atoms with Crippen molar-refractivity contribution in [1.82, 2.24) is 0 Å². The minimum absolute atomic E-state index is 0.0865. The maximum absolute atomic E-state index is 12.9. The van der Waals surface area contributed by atoms with E-state index in [4.69, 9.17) is 14.2 Å². The average Bonchev–Trinajstić information content (AvgIpc) is 3.38. The zero-order valence-corrected chi connectivity index (χ0v) is 47.4. The fourth-order valence-electron chi connectivity index (χ4n) is 8.56. The molecule has 0 amide bonds. The van der Waals surface area contributed by atoms with E-state index in [1.807, 2.05) is 0 Å². The lowest BCUT2D eigenvalue weighted by atomic mass is 10.0. The zero-order valence-electron chi connectivity index (χ0n) is 47.4. The van der Waals surface area contributed by atoms with Crippen LogP contribution in [0.15, 0.2) is 85.1 Å². The third kappa shape index (κ3) is 57.5. The number of unbranched alkanes of at least 4 members (excludes halogenated alkanes) is 30. The SMILES string of the molecule is CC/C=C/C/C=C/C/C=C/C/C=C/C/C=C/CCCCCC(=O)OC[C@@H](COC(=O)CCCCCCCCCCCCCCCCCC)OC(=O)CCCCCCCCCCC/C=C/C/C=C/CCCCC. The molecule has 0 aromatic heterocycles. The number of hydrogen-bond donors (Lipinski definition) is 0. The van der Waals surface area contributed by atoms with Gasteiger partial charge in [-0.05, 0) is 96.3 Å². The number of esters is 3. The molecule has 1 atom stereocenters. The fraction of sp³-hybridized carbons (Fsp3) is 0.742. The van der Waals surface area contributed by atoms with Crippen LogP contribution in [-0.2, 0) is 28.6 Å². The quantitative estimate of drug-likeness (QED) is 0.0261. The molecule has 0 aromatic rings. The number of carbonyl (C=O) groups excluding carboxylic acids is 3. The minimum atomic E-state index is -0.792. The highest BCUT2D eigenvalue weighted by Crippen LogP contribution is 2.16. The lowest BCUT2D eigenvalue weighted by Crippen LogP contribution is -2.30. The molecule has 0 aromatic carbocycles. The van der Waals surface area contributed by atoms with Crippen molar-refractivity contribution in [3.63, 3.8) is 0 Å². The van der Waals surface area contributed by atoms with Crippen LogP contribution < -0.4 is 0 Å². The predicted molar refractivity (Wildman–Crippen MR) is 311 cm³/mol. The van der Waals surface area contributed by atoms with Gasteiger partial charge in [-0.3, -0.25) is 14.4 Å². The van der Waals surface area contributed by atoms with Crippen LogP contribution in [0.3, 0.4) is 0 Å². The second-order valence-electron chi connectivity index (χ2n) is 20.2. The molecule has 0 rings (SSSR count). The third-order valence-electron chi connectivity index (χ3n) is 13.1. The van der Waals surface area contributed by atoms with Crippen molar-refractivity contribution in [2.45, 2.75) is 303 Å². The summed E-state index contributed by atoms with van der Waals surface area (Å²) in [5.41, 5.74) is 0. The van der Waals surface area contributed by atoms with Crippen LogP contribution in [0.4, 0.5) is 0 Å². The first-order valence-electron chi connectivity index (χ1n) is 30.6. The monoisotopic (exact) mass is 1000 g/mol. The normalized spacial score (nSPS) is 12.7. The van der Waals surface area contributed by atoms with Crippen molar-refractivity contribution in [3.8, 4) is 0 Å². The third-order valence-corrected chi connectivity index (χ3v) is 13.1. The van der Waals surface area contributed by atoms with Gasteiger partial charge in [0.25, 0.3) is 0 Å². The van der Waals surface area contributed by atoms with E-state index in [2.05, 4.69) is 106 Å². The minimum Gasteiger partial charge on any atom is -0.462 e. The Kier molecular flexibility index (Phi) is 57.3. The van der Waals surface area contributed by atoms with Crippen molar-refractivity contribution in [2.75, 3.05) is 13.2 Å². The van der Waals surface area contributed by atoms with Gasteiger partial charge in [-0.25, -0.2) is 0 Å². The summed E-state index contributed by atoms with van der Waals surface area (Å²) in [6, 6.07) is 0. The molecule has 72 heavy (non-hydrogen) atoms. The van der Waals surface area contributed by atoms with Crippen molar-refractivity contribution in [1.29, 1.82) is 0 Å². The Morgan fingerprint density at radius 1 is 0.292 bits per heavy atom. The van der Waals surface area contributed by atoms with Gasteiger partial charge in [-0.2, -0.15) is 0 Å². The van der Waals surface area contributed by atoms with Gasteiger partial charge in [0, 0.05) is 19.3 Å². The Bertz CT molecular complexity index is 1380. The topological polar surface area (TPSA) is 78.9 Å². The maximum Gasteiger partial charge on any atom is 0.306 e. The second-order valence-corrected chi connectivity index (χ2v) is 20.2. The van der Waals surface area contributed by atoms with Crippen LogP contribution in [0.5, 0.6) is 0 Å². The lowest BCUT2D eigenvalue weighted by Gasteiger charge is -2.18. The molecule has 0 unspecified atom stereocenters. The first-order valence-corrected chi connectivity index (χ1v) is 30.6. The summed E-state index contributed by atoms with van der Waals surface area (Å²) in [5, 5.41) is 0. The van der Waals surface area contributed by atoms with Crippen molar-refractivity contribution in [3.05, 3.63) is 85.1 Å². The van der Waals surface area contributed by atoms with Crippen LogP contribution in [0.25, 0.3) is 0 Å². The van der Waals surface area contributed by atoms with Crippen LogP contribution in [-0.4, -0.2) is 37.2 Å². The molecular formula is C66H114O6. The Labute approximate surface area is 445 Å². The van der Waals surface area contributed by atoms with E-state index in [-0.39, 0.29) is 31.1 Å². The van der Waals surface area contributed by atoms with Gasteiger partial charge in [-0.1, -0.05) is 266 Å². The summed E-state index contributed by atoms with van der Waals surface area (Å²) in [6.07, 6.45) is 78.6. The Hall–Kier alpha value is -3.41. The summed E-state index contributed by atoms with van der Waals surface area (Å²) in [5.74, 6) is -0.913. The van der Waals surface area contributed by atoms with Gasteiger partial charge in [0.15, 0.2) is 6.10 Å². The summed E-state index contributed by atoms with van der Waals surface area (Å²) in [6.45, 7) is 6.50. The van der Waals surface area contributed by atoms with Crippen LogP contribution >= 0.6 is 0 Å². The second kappa shape index (κ2) is 60.1. The van der Waals surface area contributed by atoms with E-state index in [0.29, 0.717) is 19.3 Å². The number of ether oxygens (including phenoxy) is 3. The van der Waals surface area contributed by atoms with E-state index in [0.717, 1.165) is 103 Å². The molecule has 0 fully saturated rings. The van der Waals surface area contributed by atoms with Gasteiger partial charge < -0.3 is 14.2 Å². The molecule has 0 heterocycles. The Morgan fingerprint density at radius 3 is 0.889 bits per heavy atom. The molecule has 0 radical (unpaired) electrons. The van der Waals surface area contributed by atoms with Crippen LogP contribution in [0.1, 0.15) is 297 Å². The summed E-state index contributed by atoms with van der Waals surface area (Å²) < 4.78 is 16.9. The number of allylic oxidation sites excluding steroid dienone is 14. The number of rotatable bonds is 55. The molecule has 6 heteroatoms. The number of hydrogen-bond acceptors (Lipinski definition) is 6. The number of carbonyl (C=O) groups is 3. The molecule has 6 nitrogen and oxygen atoms in total. The molecule has 0 spiro atoms. The molecule has 0 N–H and O–H groups in total. The summed E-state index contributed by atoms with van der Waals surface area (Å²) in [4.78, 5) is 38.3. The van der Waals surface area contributed by atoms with Crippen LogP contribution in [0, 0.1) is 0 Å². The van der Waals surface area contributed by atoms with Gasteiger partial charge in [0.05, 0.1) is 0 Å². The van der Waals surface area contributed by atoms with Crippen molar-refractivity contribution < 1.29 is 28.6 Å². The van der Waals surface area contributed by atoms with Crippen LogP contribution in [0.2, 0.25) is 0 Å². The fourth-order valence-corrected chi connectivity index (χ4v) is 8.56. The van der Waals surface area contributed by atoms with Gasteiger partial charge in [0.2, 0.25) is 0 Å². The standard InChI is InChI=1S/C66H114O6/c1-4-7-10-13-16-19-22-25-28-31-33-35-38-41-44-47-50-53-56-59-65(68)71-62-63(61-70-64(67)58-55-52-49-46-43-40-37-30-27-24-21-18-15-12-9-6-3)72-66(69)60-57-54-51-48-45-42-39-36-34-32-29-26-23-20-17-14-11-8-5-2/h7,10,16-17,19-20,25-26,28-29,33,35,41,44,63H,4-6,8-9,11-15,18,21-24,27,30-32,34,36-40,42-43,45-62H2,1-3H3/b10-7+,19-16+,20-17+,28-25+,29-26+,35-33+,44-41+/t63-/m1/s1. The first-order chi connectivity index (χ1) is 35.5. The highest BCUT2D eigenvalue weighted by molar-refractivity contribution is 5.71. The van der Waals surface area contributed by atoms with Gasteiger partial charge in [0.1, 0.15) is 13.2 Å². The zero-order chi connectivity index (χ0) is 52.2. The average molecular weight is 1000 g/mol. The van der Waals surface area contributed by atoms with E-state index < -0.39 is 6.10 Å². The summed E-state index contributed by atoms with van der Waals surface area (Å²) >= 11 is 0. The molecule has 0 aliphatic carbocycles. The highest BCUT2D eigenvalue weighted by Gasteiger charge is 2.19. The summed E-state index contributed by atoms with van der Waals surface area (Å²) in [7, 11) is 0. The van der Waals surface area contributed by atoms with Gasteiger partial charge in [-0.15, -0.1) is 0 Å². The smallest absolute Gasteiger partial charge is 0.306 e. The largest absolute Gasteiger partial charge is 0.462 e. The highest BCUT2D eigenvalue weighted by atomic mass is 16.6. The molecule has 0 saturated carbocycles. The molecule has 0 bridgehead atoms. The van der Waals surface area contributed by atoms with Crippen molar-refractivity contribution in [2.24, 2.45) is 0 Å². The molecule has 414 valence electrons. The van der Waals surface area contributed by atoms with E-state index in [1.165, 1.54) is 154 Å². The Morgan fingerprint density at radius 2 is 0.542 bits per heavy atom. The lowest BCUT2D eigenvalue weighted by molar-refractivity contribution is -0.167. The first kappa shape index (κ1) is 68.6. The molecule has 0 aliphatic heterocycles. The Balaban J connectivity index is 4.43. The maximum atomic E-state index is 12.9. The predicted octanol–water partition coefficient (Wildman–Crippen LogP) is 20.7. The molecular weight excluding hydrogens is 889 g/mol. The van der Waals surface area contributed by atoms with E-state index in [9.17, 15) is 14.4 Å². The molecule has 0 aliphatic rings. The van der Waals surface area contributed by atoms with E-state index in [1.54, 1.807) is 0 Å². The molecule has 0 saturated heterocycles.